The molecule has 0 spiro atoms. The lowest BCUT2D eigenvalue weighted by Gasteiger charge is -2.55. The second-order valence-electron chi connectivity index (χ2n) is 37.3. The Kier molecular flexibility index (Phi) is 38.0. The van der Waals surface area contributed by atoms with Gasteiger partial charge >= 0.3 is 5.97 Å². The molecule has 10 atom stereocenters. The van der Waals surface area contributed by atoms with E-state index in [9.17, 15) is 14.7 Å². The first-order valence-corrected chi connectivity index (χ1v) is 51.5. The number of amides is 1. The third kappa shape index (κ3) is 25.5. The molecule has 752 valence electrons. The molecule has 15 aromatic carbocycles. The molecule has 18 heteroatoms. The van der Waals surface area contributed by atoms with Crippen molar-refractivity contribution in [1.82, 2.24) is 31.5 Å². The third-order valence-electron chi connectivity index (χ3n) is 28.5. The summed E-state index contributed by atoms with van der Waals surface area (Å²) in [6, 6.07) is 150. The van der Waals surface area contributed by atoms with E-state index in [1.165, 1.54) is 19.6 Å². The molecule has 0 aromatic heterocycles. The van der Waals surface area contributed by atoms with Crippen LogP contribution in [0.5, 0.6) is 17.2 Å². The Hall–Kier alpha value is -13.8. The summed E-state index contributed by atoms with van der Waals surface area (Å²) in [5.41, 5.74) is 9.73. The van der Waals surface area contributed by atoms with Crippen molar-refractivity contribution in [3.8, 4) is 17.2 Å². The molecule has 0 bridgehead atoms. The Morgan fingerprint density at radius 2 is 0.610 bits per heavy atom. The summed E-state index contributed by atoms with van der Waals surface area (Å²) >= 11 is 0. The van der Waals surface area contributed by atoms with Gasteiger partial charge in [-0.1, -0.05) is 434 Å². The Balaban J connectivity index is 0.00000210. The SMILES string of the molecule is CCN(CC)CC.COc1ccc(CO[C@@H]2[C@@H](NC(c3ccccc3)(c3ccccc3)c3ccccc3)[C@@H](O[C@H]3[C@H](OCCCCCCNC(=O)CCC(=O)O)[C@@H](OCc4ccc(OC)cc4)[C@H](NC(c4ccccc4)(c4ccccc4)c4ccccc4)C[C@@H]3NC(c3ccccc3)(c3ccccc3)c3ccccc3)O[C@H](CNC(c3ccccc3)(c3ccccc3)c3ccccc3)[C@H]2OCc2ccc(OC)cc2)cc1. The lowest BCUT2D eigenvalue weighted by Crippen LogP contribution is -2.73. The van der Waals surface area contributed by atoms with Crippen molar-refractivity contribution < 1.29 is 57.3 Å². The zero-order valence-corrected chi connectivity index (χ0v) is 84.5. The molecule has 1 saturated heterocycles. The summed E-state index contributed by atoms with van der Waals surface area (Å²) in [7, 11) is 5.03. The van der Waals surface area contributed by atoms with Crippen LogP contribution in [-0.2, 0) is 80.0 Å². The van der Waals surface area contributed by atoms with Crippen LogP contribution >= 0.6 is 0 Å². The molecule has 17 rings (SSSR count). The predicted molar refractivity (Wildman–Crippen MR) is 580 cm³/mol. The largest absolute Gasteiger partial charge is 0.497 e. The van der Waals surface area contributed by atoms with Crippen molar-refractivity contribution in [2.45, 2.75) is 169 Å². The van der Waals surface area contributed by atoms with Gasteiger partial charge in [-0.05, 0) is 159 Å². The van der Waals surface area contributed by atoms with Crippen LogP contribution in [0.2, 0.25) is 0 Å². The topological polar surface area (TPSA) is 201 Å². The van der Waals surface area contributed by atoms with E-state index in [1.54, 1.807) is 21.3 Å². The van der Waals surface area contributed by atoms with Crippen LogP contribution < -0.4 is 40.8 Å². The molecule has 0 unspecified atom stereocenters. The Morgan fingerprint density at radius 3 is 0.911 bits per heavy atom. The van der Waals surface area contributed by atoms with E-state index in [1.807, 2.05) is 48.5 Å². The fraction of sp³-hybridized carbons (Fsp3) is 0.281. The van der Waals surface area contributed by atoms with Crippen LogP contribution in [0.25, 0.3) is 0 Å². The lowest BCUT2D eigenvalue weighted by atomic mass is 9.72. The summed E-state index contributed by atoms with van der Waals surface area (Å²) in [5.74, 6) is 0.780. The number of benzene rings is 15. The Labute approximate surface area is 862 Å². The highest BCUT2D eigenvalue weighted by molar-refractivity contribution is 5.80. The normalized spacial score (nSPS) is 18.0. The van der Waals surface area contributed by atoms with E-state index < -0.39 is 89.2 Å². The monoisotopic (exact) mass is 1950 g/mol. The van der Waals surface area contributed by atoms with E-state index in [0.717, 1.165) is 89.9 Å². The zero-order valence-electron chi connectivity index (χ0n) is 84.5. The first-order chi connectivity index (χ1) is 71.8. The molecule has 2 aliphatic rings. The number of hydrogen-bond donors (Lipinski definition) is 6. The van der Waals surface area contributed by atoms with Gasteiger partial charge in [0.1, 0.15) is 53.9 Å². The number of aliphatic carboxylic acids is 1. The average Bonchev–Trinajstić information content (AvgIpc) is 0.730. The predicted octanol–water partition coefficient (Wildman–Crippen LogP) is 23.0. The van der Waals surface area contributed by atoms with Crippen LogP contribution in [0.1, 0.15) is 149 Å². The van der Waals surface area contributed by atoms with Gasteiger partial charge in [-0.2, -0.15) is 0 Å². The minimum Gasteiger partial charge on any atom is -0.497 e. The molecule has 18 nitrogen and oxygen atoms in total. The minimum atomic E-state index is -1.36. The Morgan fingerprint density at radius 1 is 0.322 bits per heavy atom. The number of unbranched alkanes of at least 4 members (excludes halogenated alkanes) is 3. The fourth-order valence-electron chi connectivity index (χ4n) is 21.1. The maximum atomic E-state index is 13.1. The van der Waals surface area contributed by atoms with E-state index in [-0.39, 0.29) is 51.7 Å². The first kappa shape index (κ1) is 105. The van der Waals surface area contributed by atoms with Crippen molar-refractivity contribution in [2.24, 2.45) is 0 Å². The summed E-state index contributed by atoms with van der Waals surface area (Å²) in [4.78, 5) is 27.0. The van der Waals surface area contributed by atoms with Gasteiger partial charge in [-0.25, -0.2) is 0 Å². The number of carbonyl (C=O) groups excluding carboxylic acids is 1. The van der Waals surface area contributed by atoms with Crippen LogP contribution in [0.4, 0.5) is 0 Å². The van der Waals surface area contributed by atoms with Crippen LogP contribution in [0.15, 0.2) is 437 Å². The minimum absolute atomic E-state index is 0.0872. The van der Waals surface area contributed by atoms with E-state index in [4.69, 9.17) is 47.9 Å². The van der Waals surface area contributed by atoms with Gasteiger partial charge in [-0.15, -0.1) is 0 Å². The standard InChI is InChI=1S/C122H123N5O12.C6H15N/c1-131-104-74-68-89(69-75-104)86-135-113-107(125-120(95-50-24-9-25-51-95,96-52-26-10-27-53-96)97-54-28-11-29-55-97)84-108(126-121(98-56-30-12-31-57-98,99-58-32-13-33-59-99)100-60-34-14-35-61-100)114(117(113)134-83-43-5-4-42-82-123-110(128)80-81-111(129)130)139-118-112(127-122(101-62-36-15-37-63-101,102-64-38-16-39-65-102)103-66-40-17-41-67-103)116(137-88-91-72-78-106(133-3)79-73-91)115(136-87-90-70-76-105(132-2)77-71-90)109(138-118)85-124-119(92-44-18-6-19-45-92,93-46-20-7-21-47-93)94-48-22-8-23-49-94;1-4-7(5-2)6-3/h6-41,44-79,107-109,112-118,124-127H,4-5,42-43,80-88H2,1-3H3,(H,123,128)(H,129,130);4-6H2,1-3H3/t107-,108+,109-,112-,113+,114-,115-,116-,117-,118-;/m1./s1. The molecular weight excluding hydrogens is 1810 g/mol. The molecule has 2 fully saturated rings. The number of nitrogens with one attached hydrogen (secondary N) is 5. The third-order valence-corrected chi connectivity index (χ3v) is 28.5. The van der Waals surface area contributed by atoms with Crippen molar-refractivity contribution in [3.05, 3.63) is 520 Å². The van der Waals surface area contributed by atoms with Gasteiger partial charge in [0.05, 0.1) is 75.8 Å². The smallest absolute Gasteiger partial charge is 0.303 e. The number of ether oxygens (including phenoxy) is 9. The molecule has 1 aliphatic heterocycles. The number of carbonyl (C=O) groups is 2. The first-order valence-electron chi connectivity index (χ1n) is 51.5. The molecule has 146 heavy (non-hydrogen) atoms. The number of hydrogen-bond acceptors (Lipinski definition) is 16. The van der Waals surface area contributed by atoms with Gasteiger partial charge in [-0.3, -0.25) is 30.9 Å². The molecule has 1 saturated carbocycles. The van der Waals surface area contributed by atoms with Crippen LogP contribution in [0.3, 0.4) is 0 Å². The quantitative estimate of drug-likeness (QED) is 0.0155. The molecule has 1 amide bonds. The molecule has 15 aromatic rings. The fourth-order valence-corrected chi connectivity index (χ4v) is 21.1. The van der Waals surface area contributed by atoms with Gasteiger partial charge in [0.2, 0.25) is 5.91 Å². The zero-order chi connectivity index (χ0) is 101. The van der Waals surface area contributed by atoms with Gasteiger partial charge in [0, 0.05) is 38.2 Å². The molecular formula is C128H138N6O12. The number of carboxylic acids is 1. The summed E-state index contributed by atoms with van der Waals surface area (Å²) < 4.78 is 67.9. The molecule has 6 N–H and O–H groups in total. The van der Waals surface area contributed by atoms with Crippen LogP contribution in [-0.4, -0.2) is 144 Å². The number of nitrogens with zero attached hydrogens (tertiary/aromatic N) is 1. The highest BCUT2D eigenvalue weighted by Crippen LogP contribution is 2.48. The maximum absolute atomic E-state index is 13.1. The van der Waals surface area contributed by atoms with E-state index in [2.05, 4.69) is 435 Å². The van der Waals surface area contributed by atoms with Gasteiger partial charge in [0.15, 0.2) is 6.29 Å². The molecule has 0 radical (unpaired) electrons. The van der Waals surface area contributed by atoms with Crippen LogP contribution in [0, 0.1) is 0 Å². The van der Waals surface area contributed by atoms with Crippen molar-refractivity contribution in [3.63, 3.8) is 0 Å². The highest BCUT2D eigenvalue weighted by Gasteiger charge is 2.58. The molecule has 1 heterocycles. The summed E-state index contributed by atoms with van der Waals surface area (Å²) in [6.45, 7) is 11.2. The highest BCUT2D eigenvalue weighted by atomic mass is 16.7. The van der Waals surface area contributed by atoms with Gasteiger partial charge in [0.25, 0.3) is 0 Å². The van der Waals surface area contributed by atoms with Crippen molar-refractivity contribution >= 4 is 11.9 Å². The summed E-state index contributed by atoms with van der Waals surface area (Å²) in [5, 5.41) is 30.8. The maximum Gasteiger partial charge on any atom is 0.303 e. The second-order valence-corrected chi connectivity index (χ2v) is 37.3. The number of carboxylic acid groups (broad SMARTS) is 1. The molecule has 1 aliphatic carbocycles. The van der Waals surface area contributed by atoms with Crippen molar-refractivity contribution in [2.75, 3.05) is 60.7 Å². The number of methoxy groups -OCH3 is 3. The Bertz CT molecular complexity index is 5940. The summed E-state index contributed by atoms with van der Waals surface area (Å²) in [6.07, 6.45) is -4.74. The lowest BCUT2D eigenvalue weighted by molar-refractivity contribution is -0.313. The average molecular weight is 1950 g/mol. The van der Waals surface area contributed by atoms with E-state index >= 15 is 0 Å². The van der Waals surface area contributed by atoms with E-state index in [0.29, 0.717) is 49.5 Å². The second kappa shape index (κ2) is 52.8. The van der Waals surface area contributed by atoms with Crippen molar-refractivity contribution in [1.29, 1.82) is 0 Å². The van der Waals surface area contributed by atoms with Gasteiger partial charge < -0.3 is 58.0 Å². The number of rotatable bonds is 49.